The van der Waals surface area contributed by atoms with Crippen molar-refractivity contribution in [3.8, 4) is 0 Å². The van der Waals surface area contributed by atoms with Crippen molar-refractivity contribution in [1.82, 2.24) is 0 Å². The topological polar surface area (TPSA) is 54.4 Å². The number of carboxylic acid groups (broad SMARTS) is 1. The Kier molecular flexibility index (Phi) is 5.65. The van der Waals surface area contributed by atoms with Crippen molar-refractivity contribution in [1.29, 1.82) is 0 Å². The number of carbonyl (C=O) groups is 1. The summed E-state index contributed by atoms with van der Waals surface area (Å²) in [4.78, 5) is 11.0. The second-order valence-electron chi connectivity index (χ2n) is 4.17. The average molecular weight is 325 g/mol. The van der Waals surface area contributed by atoms with Gasteiger partial charge in [-0.3, -0.25) is 4.21 Å². The van der Waals surface area contributed by atoms with Gasteiger partial charge in [-0.15, -0.1) is 0 Å². The van der Waals surface area contributed by atoms with Crippen molar-refractivity contribution in [3.05, 3.63) is 28.8 Å². The molecule has 0 saturated heterocycles. The number of benzene rings is 1. The highest BCUT2D eigenvalue weighted by atomic mass is 35.5. The normalized spacial score (nSPS) is 13.2. The minimum atomic E-state index is -3.68. The molecule has 20 heavy (non-hydrogen) atoms. The molecule has 0 radical (unpaired) electrons. The number of hydrogen-bond donors (Lipinski definition) is 1. The zero-order chi connectivity index (χ0) is 15.5. The van der Waals surface area contributed by atoms with E-state index in [4.69, 9.17) is 16.7 Å². The molecule has 0 aromatic heterocycles. The number of aromatic carboxylic acids is 1. The Labute approximate surface area is 123 Å². The minimum Gasteiger partial charge on any atom is -0.478 e. The predicted molar refractivity (Wildman–Crippen MR) is 74.1 cm³/mol. The summed E-state index contributed by atoms with van der Waals surface area (Å²) in [5.74, 6) is -1.06. The first-order chi connectivity index (χ1) is 9.23. The Morgan fingerprint density at radius 3 is 2.40 bits per heavy atom. The monoisotopic (exact) mass is 324 g/mol. The van der Waals surface area contributed by atoms with E-state index in [-0.39, 0.29) is 28.2 Å². The fraction of sp³-hybridized carbons (Fsp3) is 0.462. The van der Waals surface area contributed by atoms with Crippen molar-refractivity contribution >= 4 is 28.4 Å². The molecule has 7 heteroatoms. The lowest BCUT2D eigenvalue weighted by molar-refractivity contribution is 0.0692. The van der Waals surface area contributed by atoms with E-state index in [0.29, 0.717) is 6.42 Å². The number of rotatable bonds is 6. The van der Waals surface area contributed by atoms with E-state index >= 15 is 0 Å². The standard InChI is InChI=1S/C13H15ClF2O3S/c1-3-7-20(19)11-8(4-2)9(12(17)18)5-6-10(11)13(14,15)16/h5-6H,3-4,7H2,1-2H3,(H,17,18)/t20-/m0/s1. The van der Waals surface area contributed by atoms with E-state index < -0.39 is 27.7 Å². The van der Waals surface area contributed by atoms with Crippen LogP contribution in [0.5, 0.6) is 0 Å². The maximum atomic E-state index is 13.4. The minimum absolute atomic E-state index is 0.114. The number of halogens is 3. The highest BCUT2D eigenvalue weighted by Crippen LogP contribution is 2.38. The van der Waals surface area contributed by atoms with Crippen molar-refractivity contribution in [3.63, 3.8) is 0 Å². The van der Waals surface area contributed by atoms with Crippen LogP contribution in [-0.2, 0) is 22.6 Å². The SMILES string of the molecule is CCC[S@](=O)c1c(C(F)(F)Cl)ccc(C(=O)O)c1CC. The quantitative estimate of drug-likeness (QED) is 0.811. The molecule has 0 heterocycles. The van der Waals surface area contributed by atoms with Crippen LogP contribution in [0.15, 0.2) is 17.0 Å². The van der Waals surface area contributed by atoms with Crippen LogP contribution in [0.1, 0.15) is 41.8 Å². The molecule has 0 bridgehead atoms. The first-order valence-corrected chi connectivity index (χ1v) is 7.78. The summed E-state index contributed by atoms with van der Waals surface area (Å²) in [6.45, 7) is 3.40. The molecule has 0 saturated carbocycles. The second-order valence-corrected chi connectivity index (χ2v) is 6.16. The third-order valence-electron chi connectivity index (χ3n) is 2.77. The van der Waals surface area contributed by atoms with Gasteiger partial charge in [0.1, 0.15) is 0 Å². The lowest BCUT2D eigenvalue weighted by Gasteiger charge is -2.18. The zero-order valence-corrected chi connectivity index (χ0v) is 12.7. The van der Waals surface area contributed by atoms with Gasteiger partial charge in [0.2, 0.25) is 0 Å². The Morgan fingerprint density at radius 2 is 2.00 bits per heavy atom. The molecular weight excluding hydrogens is 310 g/mol. The molecule has 1 aromatic carbocycles. The van der Waals surface area contributed by atoms with Crippen LogP contribution in [0.2, 0.25) is 0 Å². The van der Waals surface area contributed by atoms with Crippen LogP contribution in [0.4, 0.5) is 8.78 Å². The molecule has 0 fully saturated rings. The molecule has 1 N–H and O–H groups in total. The highest BCUT2D eigenvalue weighted by Gasteiger charge is 2.35. The Balaban J connectivity index is 3.64. The molecule has 0 unspecified atom stereocenters. The smallest absolute Gasteiger partial charge is 0.349 e. The third-order valence-corrected chi connectivity index (χ3v) is 4.67. The highest BCUT2D eigenvalue weighted by molar-refractivity contribution is 7.85. The summed E-state index contributed by atoms with van der Waals surface area (Å²) in [6.07, 6.45) is 0.716. The van der Waals surface area contributed by atoms with Gasteiger partial charge in [0.05, 0.1) is 26.8 Å². The molecule has 0 amide bonds. The Bertz CT molecular complexity index is 541. The fourth-order valence-electron chi connectivity index (χ4n) is 1.95. The van der Waals surface area contributed by atoms with E-state index in [9.17, 15) is 17.8 Å². The first-order valence-electron chi connectivity index (χ1n) is 6.08. The van der Waals surface area contributed by atoms with Gasteiger partial charge in [0.15, 0.2) is 0 Å². The molecular formula is C13H15ClF2O3S. The first kappa shape index (κ1) is 17.0. The maximum absolute atomic E-state index is 13.4. The molecule has 112 valence electrons. The van der Waals surface area contributed by atoms with Gasteiger partial charge in [-0.25, -0.2) is 4.79 Å². The number of hydrogen-bond acceptors (Lipinski definition) is 2. The zero-order valence-electron chi connectivity index (χ0n) is 11.1. The molecule has 1 atom stereocenters. The van der Waals surface area contributed by atoms with Gasteiger partial charge >= 0.3 is 11.4 Å². The van der Waals surface area contributed by atoms with Crippen molar-refractivity contribution in [2.24, 2.45) is 0 Å². The summed E-state index contributed by atoms with van der Waals surface area (Å²) < 4.78 is 39.1. The molecule has 0 spiro atoms. The van der Waals surface area contributed by atoms with Crippen molar-refractivity contribution in [2.45, 2.75) is 37.0 Å². The van der Waals surface area contributed by atoms with E-state index in [2.05, 4.69) is 0 Å². The summed E-state index contributed by atoms with van der Waals surface area (Å²) in [7, 11) is -1.71. The van der Waals surface area contributed by atoms with Crippen LogP contribution in [0.3, 0.4) is 0 Å². The van der Waals surface area contributed by atoms with Gasteiger partial charge < -0.3 is 5.11 Å². The van der Waals surface area contributed by atoms with E-state index in [1.807, 2.05) is 0 Å². The van der Waals surface area contributed by atoms with Gasteiger partial charge in [-0.1, -0.05) is 13.8 Å². The Hall–Kier alpha value is -1.01. The Morgan fingerprint density at radius 1 is 1.40 bits per heavy atom. The molecule has 0 aliphatic carbocycles. The van der Waals surface area contributed by atoms with Gasteiger partial charge in [-0.2, -0.15) is 8.78 Å². The fourth-order valence-corrected chi connectivity index (χ4v) is 3.71. The predicted octanol–water partition coefficient (Wildman–Crippen LogP) is 3.75. The van der Waals surface area contributed by atoms with Gasteiger partial charge in [0.25, 0.3) is 0 Å². The van der Waals surface area contributed by atoms with Gasteiger partial charge in [-0.05, 0) is 42.1 Å². The van der Waals surface area contributed by atoms with E-state index in [1.165, 1.54) is 0 Å². The number of alkyl halides is 3. The lowest BCUT2D eigenvalue weighted by Crippen LogP contribution is -2.16. The second kappa shape index (κ2) is 6.63. The number of carboxylic acids is 1. The largest absolute Gasteiger partial charge is 0.478 e. The summed E-state index contributed by atoms with van der Waals surface area (Å²) in [5.41, 5.74) is -0.536. The van der Waals surface area contributed by atoms with Crippen LogP contribution in [-0.4, -0.2) is 21.0 Å². The van der Waals surface area contributed by atoms with Crippen LogP contribution < -0.4 is 0 Å². The molecule has 0 aliphatic heterocycles. The van der Waals surface area contributed by atoms with Crippen molar-refractivity contribution in [2.75, 3.05) is 5.75 Å². The lowest BCUT2D eigenvalue weighted by atomic mass is 10.0. The van der Waals surface area contributed by atoms with Crippen LogP contribution >= 0.6 is 11.6 Å². The van der Waals surface area contributed by atoms with Gasteiger partial charge in [0, 0.05) is 5.75 Å². The maximum Gasteiger partial charge on any atom is 0.349 e. The summed E-state index contributed by atoms with van der Waals surface area (Å²) in [6, 6.07) is 2.03. The average Bonchev–Trinajstić information content (AvgIpc) is 2.35. The van der Waals surface area contributed by atoms with E-state index in [0.717, 1.165) is 12.1 Å². The summed E-state index contributed by atoms with van der Waals surface area (Å²) >= 11 is 5.05. The molecule has 1 rings (SSSR count). The molecule has 0 aliphatic rings. The molecule has 1 aromatic rings. The van der Waals surface area contributed by atoms with Crippen LogP contribution in [0.25, 0.3) is 0 Å². The van der Waals surface area contributed by atoms with Crippen LogP contribution in [0, 0.1) is 0 Å². The van der Waals surface area contributed by atoms with E-state index in [1.54, 1.807) is 13.8 Å². The summed E-state index contributed by atoms with van der Waals surface area (Å²) in [5, 5.41) is 5.43. The molecule has 3 nitrogen and oxygen atoms in total. The third kappa shape index (κ3) is 3.55. The van der Waals surface area contributed by atoms with Crippen molar-refractivity contribution < 1.29 is 22.9 Å².